The Balaban J connectivity index is 3.33. The van der Waals surface area contributed by atoms with Crippen LogP contribution in [0.5, 0.6) is 0 Å². The molecule has 2 unspecified atom stereocenters. The quantitative estimate of drug-likeness (QED) is 0.644. The average molecular weight is 186 g/mol. The summed E-state index contributed by atoms with van der Waals surface area (Å²) in [5.41, 5.74) is 0. The molecular formula is C12H26O. The maximum atomic E-state index is 9.57. The first kappa shape index (κ1) is 13.0. The van der Waals surface area contributed by atoms with Gasteiger partial charge in [0.05, 0.1) is 6.10 Å². The largest absolute Gasteiger partial charge is 0.393 e. The molecule has 0 aromatic heterocycles. The molecule has 0 aromatic rings. The van der Waals surface area contributed by atoms with Crippen molar-refractivity contribution in [1.82, 2.24) is 0 Å². The van der Waals surface area contributed by atoms with Gasteiger partial charge in [-0.2, -0.15) is 0 Å². The predicted molar refractivity (Wildman–Crippen MR) is 58.8 cm³/mol. The molecule has 0 aliphatic carbocycles. The standard InChI is InChI=1S/C12H26O/c1-5-7-11(4)8-6-9-12(13)10(2)3/h10-13H,5-9H2,1-4H3. The summed E-state index contributed by atoms with van der Waals surface area (Å²) in [6.07, 6.45) is 5.96. The van der Waals surface area contributed by atoms with Gasteiger partial charge in [-0.1, -0.05) is 53.4 Å². The maximum absolute atomic E-state index is 9.57. The Hall–Kier alpha value is -0.0400. The Morgan fingerprint density at radius 2 is 1.62 bits per heavy atom. The fourth-order valence-corrected chi connectivity index (χ4v) is 1.65. The molecular weight excluding hydrogens is 160 g/mol. The second-order valence-electron chi connectivity index (χ2n) is 4.64. The van der Waals surface area contributed by atoms with Crippen molar-refractivity contribution in [3.63, 3.8) is 0 Å². The van der Waals surface area contributed by atoms with Gasteiger partial charge in [-0.3, -0.25) is 0 Å². The lowest BCUT2D eigenvalue weighted by Crippen LogP contribution is -2.14. The van der Waals surface area contributed by atoms with Crippen LogP contribution in [0, 0.1) is 11.8 Å². The number of rotatable bonds is 7. The van der Waals surface area contributed by atoms with Crippen LogP contribution in [0.3, 0.4) is 0 Å². The molecule has 0 heterocycles. The molecule has 1 nitrogen and oxygen atoms in total. The highest BCUT2D eigenvalue weighted by Crippen LogP contribution is 2.16. The second-order valence-corrected chi connectivity index (χ2v) is 4.64. The fraction of sp³-hybridized carbons (Fsp3) is 1.00. The van der Waals surface area contributed by atoms with Crippen LogP contribution in [-0.4, -0.2) is 11.2 Å². The average Bonchev–Trinajstić information content (AvgIpc) is 2.04. The van der Waals surface area contributed by atoms with Crippen molar-refractivity contribution in [3.8, 4) is 0 Å². The topological polar surface area (TPSA) is 20.2 Å². The van der Waals surface area contributed by atoms with E-state index in [0.29, 0.717) is 5.92 Å². The van der Waals surface area contributed by atoms with E-state index in [9.17, 15) is 5.11 Å². The zero-order valence-corrected chi connectivity index (χ0v) is 9.71. The van der Waals surface area contributed by atoms with E-state index in [1.54, 1.807) is 0 Å². The monoisotopic (exact) mass is 186 g/mol. The molecule has 0 spiro atoms. The zero-order valence-electron chi connectivity index (χ0n) is 9.71. The lowest BCUT2D eigenvalue weighted by Gasteiger charge is -2.15. The van der Waals surface area contributed by atoms with Crippen molar-refractivity contribution in [2.75, 3.05) is 0 Å². The van der Waals surface area contributed by atoms with E-state index in [1.165, 1.54) is 25.7 Å². The van der Waals surface area contributed by atoms with E-state index < -0.39 is 0 Å². The second kappa shape index (κ2) is 7.37. The van der Waals surface area contributed by atoms with Crippen molar-refractivity contribution in [2.45, 2.75) is 65.9 Å². The van der Waals surface area contributed by atoms with Gasteiger partial charge in [0, 0.05) is 0 Å². The zero-order chi connectivity index (χ0) is 10.3. The Morgan fingerprint density at radius 3 is 2.08 bits per heavy atom. The lowest BCUT2D eigenvalue weighted by atomic mass is 9.95. The van der Waals surface area contributed by atoms with E-state index >= 15 is 0 Å². The van der Waals surface area contributed by atoms with E-state index in [2.05, 4.69) is 27.7 Å². The van der Waals surface area contributed by atoms with Gasteiger partial charge in [-0.15, -0.1) is 0 Å². The smallest absolute Gasteiger partial charge is 0.0563 e. The van der Waals surface area contributed by atoms with Crippen LogP contribution >= 0.6 is 0 Å². The summed E-state index contributed by atoms with van der Waals surface area (Å²) in [5.74, 6) is 1.26. The third-order valence-electron chi connectivity index (χ3n) is 2.75. The van der Waals surface area contributed by atoms with Crippen LogP contribution in [0.1, 0.15) is 59.8 Å². The van der Waals surface area contributed by atoms with Gasteiger partial charge >= 0.3 is 0 Å². The molecule has 1 heteroatoms. The summed E-state index contributed by atoms with van der Waals surface area (Å²) in [6.45, 7) is 8.71. The van der Waals surface area contributed by atoms with Gasteiger partial charge < -0.3 is 5.11 Å². The predicted octanol–water partition coefficient (Wildman–Crippen LogP) is 3.61. The molecule has 0 fully saturated rings. The molecule has 13 heavy (non-hydrogen) atoms. The van der Waals surface area contributed by atoms with Crippen LogP contribution in [-0.2, 0) is 0 Å². The van der Waals surface area contributed by atoms with E-state index in [1.807, 2.05) is 0 Å². The minimum absolute atomic E-state index is 0.0890. The highest BCUT2D eigenvalue weighted by atomic mass is 16.3. The van der Waals surface area contributed by atoms with Crippen LogP contribution in [0.15, 0.2) is 0 Å². The molecule has 0 aromatic carbocycles. The highest BCUT2D eigenvalue weighted by molar-refractivity contribution is 4.61. The van der Waals surface area contributed by atoms with Gasteiger partial charge in [0.2, 0.25) is 0 Å². The Morgan fingerprint density at radius 1 is 1.00 bits per heavy atom. The number of hydrogen-bond acceptors (Lipinski definition) is 1. The highest BCUT2D eigenvalue weighted by Gasteiger charge is 2.09. The number of hydrogen-bond donors (Lipinski definition) is 1. The van der Waals surface area contributed by atoms with Crippen molar-refractivity contribution in [2.24, 2.45) is 11.8 Å². The minimum Gasteiger partial charge on any atom is -0.393 e. The third-order valence-corrected chi connectivity index (χ3v) is 2.75. The minimum atomic E-state index is -0.0890. The molecule has 0 aliphatic rings. The van der Waals surface area contributed by atoms with Crippen LogP contribution < -0.4 is 0 Å². The van der Waals surface area contributed by atoms with Gasteiger partial charge in [0.1, 0.15) is 0 Å². The lowest BCUT2D eigenvalue weighted by molar-refractivity contribution is 0.112. The van der Waals surface area contributed by atoms with Crippen LogP contribution in [0.2, 0.25) is 0 Å². The summed E-state index contributed by atoms with van der Waals surface area (Å²) in [4.78, 5) is 0. The van der Waals surface area contributed by atoms with Gasteiger partial charge in [0.25, 0.3) is 0 Å². The summed E-state index contributed by atoms with van der Waals surface area (Å²) in [6, 6.07) is 0. The summed E-state index contributed by atoms with van der Waals surface area (Å²) >= 11 is 0. The normalized spacial score (nSPS) is 16.2. The van der Waals surface area contributed by atoms with Crippen molar-refractivity contribution >= 4 is 0 Å². The molecule has 0 saturated carbocycles. The molecule has 0 saturated heterocycles. The molecule has 0 amide bonds. The Bertz CT molecular complexity index is 110. The summed E-state index contributed by atoms with van der Waals surface area (Å²) < 4.78 is 0. The Labute approximate surface area is 83.5 Å². The number of aliphatic hydroxyl groups excluding tert-OH is 1. The molecule has 0 rings (SSSR count). The molecule has 0 radical (unpaired) electrons. The first-order valence-corrected chi connectivity index (χ1v) is 5.76. The fourth-order valence-electron chi connectivity index (χ4n) is 1.65. The Kier molecular flexibility index (Phi) is 7.35. The first-order valence-electron chi connectivity index (χ1n) is 5.76. The molecule has 80 valence electrons. The van der Waals surface area contributed by atoms with Crippen LogP contribution in [0.4, 0.5) is 0 Å². The van der Waals surface area contributed by atoms with Gasteiger partial charge in [-0.25, -0.2) is 0 Å². The van der Waals surface area contributed by atoms with E-state index in [-0.39, 0.29) is 6.10 Å². The molecule has 2 atom stereocenters. The van der Waals surface area contributed by atoms with Gasteiger partial charge in [0.15, 0.2) is 0 Å². The van der Waals surface area contributed by atoms with E-state index in [4.69, 9.17) is 0 Å². The van der Waals surface area contributed by atoms with Crippen molar-refractivity contribution < 1.29 is 5.11 Å². The van der Waals surface area contributed by atoms with Crippen LogP contribution in [0.25, 0.3) is 0 Å². The van der Waals surface area contributed by atoms with Gasteiger partial charge in [-0.05, 0) is 18.3 Å². The summed E-state index contributed by atoms with van der Waals surface area (Å²) in [5, 5.41) is 9.57. The summed E-state index contributed by atoms with van der Waals surface area (Å²) in [7, 11) is 0. The SMILES string of the molecule is CCCC(C)CCCC(O)C(C)C. The molecule has 0 aliphatic heterocycles. The van der Waals surface area contributed by atoms with Crippen molar-refractivity contribution in [3.05, 3.63) is 0 Å². The third kappa shape index (κ3) is 7.06. The number of aliphatic hydroxyl groups is 1. The molecule has 0 bridgehead atoms. The van der Waals surface area contributed by atoms with E-state index in [0.717, 1.165) is 12.3 Å². The molecule has 1 N–H and O–H groups in total. The first-order chi connectivity index (χ1) is 6.07. The maximum Gasteiger partial charge on any atom is 0.0563 e. The van der Waals surface area contributed by atoms with Crippen molar-refractivity contribution in [1.29, 1.82) is 0 Å².